The van der Waals surface area contributed by atoms with Crippen molar-refractivity contribution in [3.05, 3.63) is 61.5 Å². The summed E-state index contributed by atoms with van der Waals surface area (Å²) in [5, 5.41) is 0. The zero-order valence-corrected chi connectivity index (χ0v) is 16.4. The molecule has 0 N–H and O–H groups in total. The third-order valence-corrected chi connectivity index (χ3v) is 10.7. The fourth-order valence-electron chi connectivity index (χ4n) is 3.79. The predicted molar refractivity (Wildman–Crippen MR) is 87.9 cm³/mol. The molecule has 3 rings (SSSR count). The number of rotatable bonds is 2. The van der Waals surface area contributed by atoms with Gasteiger partial charge in [-0.25, -0.2) is 0 Å². The second-order valence-corrected chi connectivity index (χ2v) is 11.2. The van der Waals surface area contributed by atoms with E-state index in [1.807, 2.05) is 0 Å². The van der Waals surface area contributed by atoms with Gasteiger partial charge >= 0.3 is 141 Å². The molecule has 0 nitrogen and oxygen atoms in total. The average Bonchev–Trinajstić information content (AvgIpc) is 2.81. The van der Waals surface area contributed by atoms with Gasteiger partial charge in [-0.15, -0.1) is 0 Å². The summed E-state index contributed by atoms with van der Waals surface area (Å²) in [6.07, 6.45) is 2.56. The van der Waals surface area contributed by atoms with E-state index in [0.29, 0.717) is 9.04 Å². The summed E-state index contributed by atoms with van der Waals surface area (Å²) in [7, 11) is 0. The number of fused-ring (bicyclic) bond motifs is 1. The van der Waals surface area contributed by atoms with E-state index in [-0.39, 0.29) is 0 Å². The molecule has 0 radical (unpaired) electrons. The molecule has 0 aliphatic heterocycles. The average molecular weight is 356 g/mol. The Morgan fingerprint density at radius 2 is 1.67 bits per heavy atom. The topological polar surface area (TPSA) is 0 Å². The van der Waals surface area contributed by atoms with Gasteiger partial charge in [0.15, 0.2) is 0 Å². The Labute approximate surface area is 140 Å². The Bertz CT molecular complexity index is 702. The zero-order chi connectivity index (χ0) is 15.4. The summed E-state index contributed by atoms with van der Waals surface area (Å²) in [6, 6.07) is 8.99. The predicted octanol–water partition coefficient (Wildman–Crippen LogP) is 6.09. The molecule has 0 bridgehead atoms. The van der Waals surface area contributed by atoms with Gasteiger partial charge in [-0.05, 0) is 0 Å². The van der Waals surface area contributed by atoms with Crippen molar-refractivity contribution in [1.82, 2.24) is 0 Å². The molecule has 1 aromatic rings. The first-order valence-electron chi connectivity index (χ1n) is 7.81. The van der Waals surface area contributed by atoms with Crippen LogP contribution in [0, 0.1) is 0 Å². The van der Waals surface area contributed by atoms with Gasteiger partial charge in [0.2, 0.25) is 0 Å². The molecule has 2 atom stereocenters. The van der Waals surface area contributed by atoms with Crippen molar-refractivity contribution < 1.29 is 23.2 Å². The fourth-order valence-corrected chi connectivity index (χ4v) is 8.50. The molecule has 0 saturated heterocycles. The van der Waals surface area contributed by atoms with Crippen LogP contribution in [0.3, 0.4) is 0 Å². The molecule has 0 aromatic heterocycles. The molecule has 0 amide bonds. The van der Waals surface area contributed by atoms with Gasteiger partial charge in [0.25, 0.3) is 0 Å². The van der Waals surface area contributed by atoms with Gasteiger partial charge in [-0.3, -0.25) is 0 Å². The molecule has 2 aliphatic rings. The molecule has 1 heteroatoms. The van der Waals surface area contributed by atoms with Crippen molar-refractivity contribution in [2.45, 2.75) is 50.6 Å². The van der Waals surface area contributed by atoms with E-state index >= 15 is 0 Å². The minimum atomic E-state index is -0.694. The summed E-state index contributed by atoms with van der Waals surface area (Å²) in [4.78, 5) is 0. The van der Waals surface area contributed by atoms with Gasteiger partial charge in [-0.1, -0.05) is 0 Å². The van der Waals surface area contributed by atoms with E-state index in [1.165, 1.54) is 16.7 Å². The maximum atomic E-state index is 2.56. The van der Waals surface area contributed by atoms with E-state index in [2.05, 4.69) is 71.9 Å². The first-order valence-corrected chi connectivity index (χ1v) is 10.3. The standard InChI is InChI=1S/C11H11.C9H13.Zr/c1-8-7-9(2)11-6-4-3-5-10(8)11;1-6-5-7(2)9(4)8(6)3;/h3-6,8H,1-2H3;5H,1-4H3;. The summed E-state index contributed by atoms with van der Waals surface area (Å²) in [6.45, 7) is 14.2. The molecule has 0 fully saturated rings. The number of allylic oxidation sites excluding steroid dienone is 6. The van der Waals surface area contributed by atoms with Gasteiger partial charge < -0.3 is 0 Å². The Morgan fingerprint density at radius 3 is 2.24 bits per heavy atom. The molecular weight excluding hydrogens is 331 g/mol. The first kappa shape index (κ1) is 15.2. The van der Waals surface area contributed by atoms with Crippen LogP contribution in [0.25, 0.3) is 5.57 Å². The van der Waals surface area contributed by atoms with Gasteiger partial charge in [0.05, 0.1) is 0 Å². The summed E-state index contributed by atoms with van der Waals surface area (Å²) in [5.74, 6) is 0.632. The van der Waals surface area contributed by atoms with Crippen LogP contribution in [-0.2, 0) is 23.2 Å². The maximum absolute atomic E-state index is 2.56. The van der Waals surface area contributed by atoms with E-state index in [0.717, 1.165) is 0 Å². The summed E-state index contributed by atoms with van der Waals surface area (Å²) in [5.41, 5.74) is 9.27. The minimum absolute atomic E-state index is 0.365. The molecule has 2 unspecified atom stereocenters. The summed E-state index contributed by atoms with van der Waals surface area (Å²) < 4.78 is 2.16. The van der Waals surface area contributed by atoms with E-state index in [1.54, 1.807) is 20.0 Å². The van der Waals surface area contributed by atoms with Crippen molar-refractivity contribution >= 4 is 5.57 Å². The van der Waals surface area contributed by atoms with Gasteiger partial charge in [0.1, 0.15) is 0 Å². The van der Waals surface area contributed by atoms with Crippen molar-refractivity contribution in [2.24, 2.45) is 0 Å². The molecule has 0 heterocycles. The third-order valence-electron chi connectivity index (χ3n) is 5.50. The van der Waals surface area contributed by atoms with Crippen LogP contribution in [0.4, 0.5) is 0 Å². The van der Waals surface area contributed by atoms with Crippen molar-refractivity contribution in [3.8, 4) is 0 Å². The Balaban J connectivity index is 2.00. The number of hydrogen-bond donors (Lipinski definition) is 0. The van der Waals surface area contributed by atoms with Crippen LogP contribution in [0.15, 0.2) is 50.3 Å². The van der Waals surface area contributed by atoms with Crippen LogP contribution in [0.2, 0.25) is 3.12 Å². The molecule has 2 aliphatic carbocycles. The van der Waals surface area contributed by atoms with Gasteiger partial charge in [0, 0.05) is 0 Å². The van der Waals surface area contributed by atoms with Crippen LogP contribution < -0.4 is 0 Å². The van der Waals surface area contributed by atoms with Gasteiger partial charge in [-0.2, -0.15) is 0 Å². The Morgan fingerprint density at radius 1 is 1.00 bits per heavy atom. The van der Waals surface area contributed by atoms with E-state index in [4.69, 9.17) is 0 Å². The molecule has 0 spiro atoms. The molecule has 0 saturated carbocycles. The van der Waals surface area contributed by atoms with E-state index < -0.39 is 23.2 Å². The second kappa shape index (κ2) is 5.20. The number of hydrogen-bond acceptors (Lipinski definition) is 0. The van der Waals surface area contributed by atoms with Crippen molar-refractivity contribution in [1.29, 1.82) is 0 Å². The van der Waals surface area contributed by atoms with Crippen LogP contribution in [0.1, 0.15) is 58.6 Å². The second-order valence-electron chi connectivity index (χ2n) is 6.75. The molecule has 21 heavy (non-hydrogen) atoms. The molecular formula is C20H24Zr. The molecule has 108 valence electrons. The third kappa shape index (κ3) is 2.29. The zero-order valence-electron chi connectivity index (χ0n) is 14.0. The SMILES string of the molecule is CC1=C[C](C)([Zr][C]2=C(C)c3ccccc3C2C)C(C)=C1C. The Kier molecular flexibility index (Phi) is 3.77. The first-order chi connectivity index (χ1) is 9.85. The number of benzene rings is 1. The van der Waals surface area contributed by atoms with Crippen LogP contribution >= 0.6 is 0 Å². The molecule has 1 aromatic carbocycles. The normalized spacial score (nSPS) is 28.1. The Hall–Kier alpha value is -0.677. The fraction of sp³-hybridized carbons (Fsp3) is 0.400. The van der Waals surface area contributed by atoms with Crippen LogP contribution in [0.5, 0.6) is 0 Å². The quantitative estimate of drug-likeness (QED) is 0.602. The van der Waals surface area contributed by atoms with E-state index in [9.17, 15) is 0 Å². The monoisotopic (exact) mass is 354 g/mol. The summed E-state index contributed by atoms with van der Waals surface area (Å²) >= 11 is -0.694. The van der Waals surface area contributed by atoms with Crippen molar-refractivity contribution in [2.75, 3.05) is 0 Å². The van der Waals surface area contributed by atoms with Crippen molar-refractivity contribution in [3.63, 3.8) is 0 Å². The van der Waals surface area contributed by atoms with Crippen LogP contribution in [-0.4, -0.2) is 0 Å².